The maximum absolute atomic E-state index is 12.0. The molecule has 1 aliphatic carbocycles. The summed E-state index contributed by atoms with van der Waals surface area (Å²) in [6, 6.07) is 8.21. The van der Waals surface area contributed by atoms with E-state index in [9.17, 15) is 4.79 Å². The Morgan fingerprint density at radius 2 is 2.07 bits per heavy atom. The highest BCUT2D eigenvalue weighted by Crippen LogP contribution is 2.27. The molecule has 74 valence electrons. The fourth-order valence-electron chi connectivity index (χ4n) is 1.45. The van der Waals surface area contributed by atoms with Gasteiger partial charge in [-0.15, -0.1) is 0 Å². The molecule has 1 saturated carbocycles. The molecule has 0 unspecified atom stereocenters. The number of nitrogens with zero attached hydrogens (tertiary/aromatic N) is 1. The normalized spacial score (nSPS) is 15.3. The Bertz CT molecular complexity index is 360. The highest BCUT2D eigenvalue weighted by atomic mass is 127. The molecular formula is C11H12INO. The Morgan fingerprint density at radius 1 is 1.43 bits per heavy atom. The first-order valence-electron chi connectivity index (χ1n) is 4.72. The zero-order valence-corrected chi connectivity index (χ0v) is 10.2. The van der Waals surface area contributed by atoms with Gasteiger partial charge in [0.15, 0.2) is 0 Å². The Morgan fingerprint density at radius 3 is 2.64 bits per heavy atom. The standard InChI is InChI=1S/C11H12INO/c1-13(8-6-7-8)11(14)9-4-2-3-5-10(9)12/h2-5,8H,6-7H2,1H3. The number of hydrogen-bond acceptors (Lipinski definition) is 1. The number of carbonyl (C=O) groups excluding carboxylic acids is 1. The first kappa shape index (κ1) is 9.96. The van der Waals surface area contributed by atoms with Crippen molar-refractivity contribution >= 4 is 28.5 Å². The predicted octanol–water partition coefficient (Wildman–Crippen LogP) is 2.53. The van der Waals surface area contributed by atoms with Gasteiger partial charge in [0, 0.05) is 16.7 Å². The van der Waals surface area contributed by atoms with Gasteiger partial charge < -0.3 is 4.90 Å². The Labute approximate surface area is 97.4 Å². The third-order valence-corrected chi connectivity index (χ3v) is 3.46. The lowest BCUT2D eigenvalue weighted by molar-refractivity contribution is 0.0784. The van der Waals surface area contributed by atoms with Crippen molar-refractivity contribution in [3.05, 3.63) is 33.4 Å². The molecule has 1 aromatic rings. The van der Waals surface area contributed by atoms with Crippen LogP contribution >= 0.6 is 22.6 Å². The van der Waals surface area contributed by atoms with Crippen molar-refractivity contribution in [3.63, 3.8) is 0 Å². The lowest BCUT2D eigenvalue weighted by Crippen LogP contribution is -2.29. The second-order valence-electron chi connectivity index (χ2n) is 3.63. The van der Waals surface area contributed by atoms with Crippen molar-refractivity contribution < 1.29 is 4.79 Å². The fraction of sp³-hybridized carbons (Fsp3) is 0.364. The molecule has 0 aromatic heterocycles. The molecule has 3 heteroatoms. The van der Waals surface area contributed by atoms with Gasteiger partial charge in [-0.3, -0.25) is 4.79 Å². The van der Waals surface area contributed by atoms with E-state index in [-0.39, 0.29) is 5.91 Å². The van der Waals surface area contributed by atoms with Gasteiger partial charge in [0.2, 0.25) is 0 Å². The number of rotatable bonds is 2. The van der Waals surface area contributed by atoms with E-state index in [1.54, 1.807) is 0 Å². The summed E-state index contributed by atoms with van der Waals surface area (Å²) in [6.45, 7) is 0. The molecule has 0 N–H and O–H groups in total. The summed E-state index contributed by atoms with van der Waals surface area (Å²) in [7, 11) is 1.89. The number of benzene rings is 1. The van der Waals surface area contributed by atoms with Crippen molar-refractivity contribution in [1.82, 2.24) is 4.90 Å². The van der Waals surface area contributed by atoms with Gasteiger partial charge >= 0.3 is 0 Å². The van der Waals surface area contributed by atoms with Crippen LogP contribution in [-0.4, -0.2) is 23.9 Å². The first-order valence-corrected chi connectivity index (χ1v) is 5.79. The Kier molecular flexibility index (Phi) is 2.76. The largest absolute Gasteiger partial charge is 0.339 e. The molecule has 0 spiro atoms. The second kappa shape index (κ2) is 3.88. The van der Waals surface area contributed by atoms with Crippen LogP contribution in [0.4, 0.5) is 0 Å². The molecule has 0 saturated heterocycles. The minimum absolute atomic E-state index is 0.150. The number of halogens is 1. The van der Waals surface area contributed by atoms with E-state index in [1.165, 1.54) is 0 Å². The van der Waals surface area contributed by atoms with Crippen LogP contribution < -0.4 is 0 Å². The Hall–Kier alpha value is -0.580. The van der Waals surface area contributed by atoms with Crippen LogP contribution in [0.25, 0.3) is 0 Å². The van der Waals surface area contributed by atoms with Crippen molar-refractivity contribution in [2.45, 2.75) is 18.9 Å². The maximum atomic E-state index is 12.0. The van der Waals surface area contributed by atoms with Gasteiger partial charge in [0.05, 0.1) is 5.56 Å². The quantitative estimate of drug-likeness (QED) is 0.769. The molecule has 0 aliphatic heterocycles. The summed E-state index contributed by atoms with van der Waals surface area (Å²) in [6.07, 6.45) is 2.32. The predicted molar refractivity (Wildman–Crippen MR) is 64.3 cm³/mol. The third-order valence-electron chi connectivity index (χ3n) is 2.52. The molecule has 1 aliphatic rings. The zero-order chi connectivity index (χ0) is 10.1. The summed E-state index contributed by atoms with van der Waals surface area (Å²) in [5.41, 5.74) is 0.822. The number of amides is 1. The number of hydrogen-bond donors (Lipinski definition) is 0. The smallest absolute Gasteiger partial charge is 0.254 e. The lowest BCUT2D eigenvalue weighted by Gasteiger charge is -2.16. The monoisotopic (exact) mass is 301 g/mol. The van der Waals surface area contributed by atoms with E-state index < -0.39 is 0 Å². The summed E-state index contributed by atoms with van der Waals surface area (Å²) >= 11 is 2.21. The third kappa shape index (κ3) is 1.92. The van der Waals surface area contributed by atoms with Gasteiger partial charge in [0.1, 0.15) is 0 Å². The van der Waals surface area contributed by atoms with Crippen molar-refractivity contribution in [1.29, 1.82) is 0 Å². The van der Waals surface area contributed by atoms with E-state index in [0.717, 1.165) is 22.0 Å². The first-order chi connectivity index (χ1) is 6.70. The second-order valence-corrected chi connectivity index (χ2v) is 4.79. The van der Waals surface area contributed by atoms with Gasteiger partial charge in [-0.25, -0.2) is 0 Å². The zero-order valence-electron chi connectivity index (χ0n) is 8.03. The summed E-state index contributed by atoms with van der Waals surface area (Å²) < 4.78 is 1.03. The van der Waals surface area contributed by atoms with Gasteiger partial charge in [-0.2, -0.15) is 0 Å². The van der Waals surface area contributed by atoms with Crippen LogP contribution in [-0.2, 0) is 0 Å². The highest BCUT2D eigenvalue weighted by Gasteiger charge is 2.30. The molecule has 2 nitrogen and oxygen atoms in total. The molecule has 2 rings (SSSR count). The maximum Gasteiger partial charge on any atom is 0.254 e. The van der Waals surface area contributed by atoms with Crippen molar-refractivity contribution in [2.24, 2.45) is 0 Å². The fourth-order valence-corrected chi connectivity index (χ4v) is 2.07. The van der Waals surface area contributed by atoms with Crippen LogP contribution in [0.1, 0.15) is 23.2 Å². The SMILES string of the molecule is CN(C(=O)c1ccccc1I)C1CC1. The molecule has 0 bridgehead atoms. The van der Waals surface area contributed by atoms with Gasteiger partial charge in [0.25, 0.3) is 5.91 Å². The van der Waals surface area contributed by atoms with E-state index in [2.05, 4.69) is 22.6 Å². The van der Waals surface area contributed by atoms with Gasteiger partial charge in [-0.1, -0.05) is 12.1 Å². The lowest BCUT2D eigenvalue weighted by atomic mass is 10.2. The summed E-state index contributed by atoms with van der Waals surface area (Å²) in [5.74, 6) is 0.150. The molecule has 1 aromatic carbocycles. The summed E-state index contributed by atoms with van der Waals surface area (Å²) in [5, 5.41) is 0. The highest BCUT2D eigenvalue weighted by molar-refractivity contribution is 14.1. The van der Waals surface area contributed by atoms with Crippen molar-refractivity contribution in [3.8, 4) is 0 Å². The average Bonchev–Trinajstić information content (AvgIpc) is 3.00. The molecule has 1 amide bonds. The molecule has 0 atom stereocenters. The summed E-state index contributed by atoms with van der Waals surface area (Å²) in [4.78, 5) is 13.8. The van der Waals surface area contributed by atoms with E-state index >= 15 is 0 Å². The molecule has 0 radical (unpaired) electrons. The van der Waals surface area contributed by atoms with E-state index in [0.29, 0.717) is 6.04 Å². The molecule has 14 heavy (non-hydrogen) atoms. The van der Waals surface area contributed by atoms with Crippen LogP contribution in [0.5, 0.6) is 0 Å². The Balaban J connectivity index is 2.21. The van der Waals surface area contributed by atoms with Gasteiger partial charge in [-0.05, 0) is 47.6 Å². The van der Waals surface area contributed by atoms with Crippen LogP contribution in [0.2, 0.25) is 0 Å². The molecule has 1 fully saturated rings. The minimum Gasteiger partial charge on any atom is -0.339 e. The van der Waals surface area contributed by atoms with Crippen LogP contribution in [0.3, 0.4) is 0 Å². The van der Waals surface area contributed by atoms with Crippen LogP contribution in [0.15, 0.2) is 24.3 Å². The molecular weight excluding hydrogens is 289 g/mol. The topological polar surface area (TPSA) is 20.3 Å². The van der Waals surface area contributed by atoms with Crippen molar-refractivity contribution in [2.75, 3.05) is 7.05 Å². The average molecular weight is 301 g/mol. The van der Waals surface area contributed by atoms with Crippen LogP contribution in [0, 0.1) is 3.57 Å². The number of carbonyl (C=O) groups is 1. The van der Waals surface area contributed by atoms with E-state index in [4.69, 9.17) is 0 Å². The minimum atomic E-state index is 0.150. The van der Waals surface area contributed by atoms with E-state index in [1.807, 2.05) is 36.2 Å². The molecule has 0 heterocycles.